The SMILES string of the molecule is COCCN1C[C@H]2CC(C)C[C@H]2C1. The lowest BCUT2D eigenvalue weighted by molar-refractivity contribution is 0.155. The number of hydrogen-bond donors (Lipinski definition) is 0. The maximum Gasteiger partial charge on any atom is 0.0589 e. The van der Waals surface area contributed by atoms with E-state index in [-0.39, 0.29) is 0 Å². The van der Waals surface area contributed by atoms with Gasteiger partial charge in [0.1, 0.15) is 0 Å². The van der Waals surface area contributed by atoms with Crippen molar-refractivity contribution in [3.63, 3.8) is 0 Å². The molecule has 1 aliphatic carbocycles. The number of rotatable bonds is 3. The van der Waals surface area contributed by atoms with E-state index in [0.29, 0.717) is 0 Å². The monoisotopic (exact) mass is 183 g/mol. The molecule has 1 aliphatic heterocycles. The maximum absolute atomic E-state index is 5.11. The fourth-order valence-electron chi connectivity index (χ4n) is 3.10. The zero-order valence-corrected chi connectivity index (χ0v) is 8.83. The van der Waals surface area contributed by atoms with E-state index in [1.54, 1.807) is 7.11 Å². The van der Waals surface area contributed by atoms with Gasteiger partial charge in [-0.15, -0.1) is 0 Å². The third-order valence-corrected chi connectivity index (χ3v) is 3.67. The van der Waals surface area contributed by atoms with Gasteiger partial charge in [-0.1, -0.05) is 6.92 Å². The van der Waals surface area contributed by atoms with E-state index in [1.807, 2.05) is 0 Å². The Morgan fingerprint density at radius 2 is 1.85 bits per heavy atom. The molecule has 2 rings (SSSR count). The Kier molecular flexibility index (Phi) is 2.89. The third kappa shape index (κ3) is 2.05. The second-order valence-corrected chi connectivity index (χ2v) is 4.85. The van der Waals surface area contributed by atoms with Crippen molar-refractivity contribution < 1.29 is 4.74 Å². The largest absolute Gasteiger partial charge is 0.383 e. The number of likely N-dealkylation sites (tertiary alicyclic amines) is 1. The summed E-state index contributed by atoms with van der Waals surface area (Å²) in [6, 6.07) is 0. The van der Waals surface area contributed by atoms with Crippen molar-refractivity contribution in [2.75, 3.05) is 33.4 Å². The smallest absolute Gasteiger partial charge is 0.0589 e. The minimum Gasteiger partial charge on any atom is -0.383 e. The van der Waals surface area contributed by atoms with Crippen molar-refractivity contribution in [1.29, 1.82) is 0 Å². The van der Waals surface area contributed by atoms with Crippen molar-refractivity contribution in [3.8, 4) is 0 Å². The molecule has 0 aromatic rings. The van der Waals surface area contributed by atoms with Crippen molar-refractivity contribution in [1.82, 2.24) is 4.90 Å². The van der Waals surface area contributed by atoms with Crippen LogP contribution in [0.5, 0.6) is 0 Å². The number of ether oxygens (including phenoxy) is 1. The summed E-state index contributed by atoms with van der Waals surface area (Å²) < 4.78 is 5.11. The van der Waals surface area contributed by atoms with Gasteiger partial charge in [0.15, 0.2) is 0 Å². The Balaban J connectivity index is 1.77. The lowest BCUT2D eigenvalue weighted by Gasteiger charge is -2.16. The van der Waals surface area contributed by atoms with Gasteiger partial charge in [0, 0.05) is 26.7 Å². The van der Waals surface area contributed by atoms with Gasteiger partial charge in [0.2, 0.25) is 0 Å². The summed E-state index contributed by atoms with van der Waals surface area (Å²) in [6.45, 7) is 7.10. The Morgan fingerprint density at radius 3 is 2.38 bits per heavy atom. The summed E-state index contributed by atoms with van der Waals surface area (Å²) in [7, 11) is 1.79. The summed E-state index contributed by atoms with van der Waals surface area (Å²) in [5, 5.41) is 0. The van der Waals surface area contributed by atoms with Crippen molar-refractivity contribution in [2.24, 2.45) is 17.8 Å². The Hall–Kier alpha value is -0.0800. The maximum atomic E-state index is 5.11. The second kappa shape index (κ2) is 3.97. The standard InChI is InChI=1S/C11H21NO/c1-9-5-10-7-12(3-4-13-2)8-11(10)6-9/h9-11H,3-8H2,1-2H3/t9?,10-,11+. The number of fused-ring (bicyclic) bond motifs is 1. The van der Waals surface area contributed by atoms with Crippen LogP contribution in [0.15, 0.2) is 0 Å². The van der Waals surface area contributed by atoms with E-state index in [0.717, 1.165) is 30.9 Å². The van der Waals surface area contributed by atoms with Crippen LogP contribution in [0.3, 0.4) is 0 Å². The molecule has 0 N–H and O–H groups in total. The van der Waals surface area contributed by atoms with Crippen LogP contribution < -0.4 is 0 Å². The second-order valence-electron chi connectivity index (χ2n) is 4.85. The molecular weight excluding hydrogens is 162 g/mol. The third-order valence-electron chi connectivity index (χ3n) is 3.67. The first-order valence-corrected chi connectivity index (χ1v) is 5.51. The summed E-state index contributed by atoms with van der Waals surface area (Å²) in [5.41, 5.74) is 0. The van der Waals surface area contributed by atoms with Crippen LogP contribution in [0.4, 0.5) is 0 Å². The van der Waals surface area contributed by atoms with Crippen LogP contribution in [0, 0.1) is 17.8 Å². The van der Waals surface area contributed by atoms with Crippen LogP contribution >= 0.6 is 0 Å². The molecule has 2 aliphatic rings. The fraction of sp³-hybridized carbons (Fsp3) is 1.00. The summed E-state index contributed by atoms with van der Waals surface area (Å²) in [4.78, 5) is 2.57. The highest BCUT2D eigenvalue weighted by Crippen LogP contribution is 2.40. The molecule has 1 heterocycles. The topological polar surface area (TPSA) is 12.5 Å². The number of hydrogen-bond acceptors (Lipinski definition) is 2. The van der Waals surface area contributed by atoms with Crippen LogP contribution in [0.25, 0.3) is 0 Å². The first-order chi connectivity index (χ1) is 6.29. The Labute approximate surface area is 81.3 Å². The molecule has 0 aromatic heterocycles. The minimum atomic E-state index is 0.898. The zero-order chi connectivity index (χ0) is 9.26. The molecule has 0 aromatic carbocycles. The van der Waals surface area contributed by atoms with Gasteiger partial charge in [-0.2, -0.15) is 0 Å². The minimum absolute atomic E-state index is 0.898. The van der Waals surface area contributed by atoms with Crippen molar-refractivity contribution in [3.05, 3.63) is 0 Å². The Bertz CT molecular complexity index is 157. The quantitative estimate of drug-likeness (QED) is 0.659. The lowest BCUT2D eigenvalue weighted by Crippen LogP contribution is -2.26. The summed E-state index contributed by atoms with van der Waals surface area (Å²) >= 11 is 0. The predicted molar refractivity (Wildman–Crippen MR) is 53.7 cm³/mol. The van der Waals surface area contributed by atoms with Gasteiger partial charge < -0.3 is 9.64 Å². The first-order valence-electron chi connectivity index (χ1n) is 5.51. The van der Waals surface area contributed by atoms with Gasteiger partial charge >= 0.3 is 0 Å². The van der Waals surface area contributed by atoms with Gasteiger partial charge in [-0.3, -0.25) is 0 Å². The van der Waals surface area contributed by atoms with E-state index < -0.39 is 0 Å². The molecule has 2 fully saturated rings. The van der Waals surface area contributed by atoms with Crippen LogP contribution in [-0.4, -0.2) is 38.3 Å². The van der Waals surface area contributed by atoms with E-state index in [1.165, 1.54) is 25.9 Å². The molecule has 3 atom stereocenters. The van der Waals surface area contributed by atoms with Crippen LogP contribution in [0.2, 0.25) is 0 Å². The van der Waals surface area contributed by atoms with Crippen molar-refractivity contribution >= 4 is 0 Å². The highest BCUT2D eigenvalue weighted by molar-refractivity contribution is 4.90. The molecule has 0 bridgehead atoms. The van der Waals surface area contributed by atoms with Crippen LogP contribution in [-0.2, 0) is 4.74 Å². The van der Waals surface area contributed by atoms with Gasteiger partial charge in [0.25, 0.3) is 0 Å². The Morgan fingerprint density at radius 1 is 1.23 bits per heavy atom. The van der Waals surface area contributed by atoms with E-state index >= 15 is 0 Å². The van der Waals surface area contributed by atoms with E-state index in [4.69, 9.17) is 4.74 Å². The van der Waals surface area contributed by atoms with Gasteiger partial charge in [0.05, 0.1) is 6.61 Å². The molecular formula is C11H21NO. The molecule has 0 spiro atoms. The van der Waals surface area contributed by atoms with E-state index in [9.17, 15) is 0 Å². The lowest BCUT2D eigenvalue weighted by atomic mass is 10.0. The molecule has 1 unspecified atom stereocenters. The highest BCUT2D eigenvalue weighted by atomic mass is 16.5. The first kappa shape index (κ1) is 9.47. The van der Waals surface area contributed by atoms with Crippen LogP contribution in [0.1, 0.15) is 19.8 Å². The highest BCUT2D eigenvalue weighted by Gasteiger charge is 2.38. The fourth-order valence-corrected chi connectivity index (χ4v) is 3.10. The molecule has 13 heavy (non-hydrogen) atoms. The average Bonchev–Trinajstić information content (AvgIpc) is 2.57. The molecule has 1 saturated carbocycles. The number of nitrogens with zero attached hydrogens (tertiary/aromatic N) is 1. The molecule has 0 amide bonds. The van der Waals surface area contributed by atoms with Gasteiger partial charge in [-0.25, -0.2) is 0 Å². The predicted octanol–water partition coefficient (Wildman–Crippen LogP) is 1.61. The molecule has 2 heteroatoms. The normalized spacial score (nSPS) is 39.7. The molecule has 2 nitrogen and oxygen atoms in total. The van der Waals surface area contributed by atoms with E-state index in [2.05, 4.69) is 11.8 Å². The number of methoxy groups -OCH3 is 1. The zero-order valence-electron chi connectivity index (χ0n) is 8.83. The summed E-state index contributed by atoms with van der Waals surface area (Å²) in [6.07, 6.45) is 2.93. The van der Waals surface area contributed by atoms with Crippen molar-refractivity contribution in [2.45, 2.75) is 19.8 Å². The molecule has 76 valence electrons. The molecule has 1 saturated heterocycles. The summed E-state index contributed by atoms with van der Waals surface area (Å²) in [5.74, 6) is 3.00. The van der Waals surface area contributed by atoms with Gasteiger partial charge in [-0.05, 0) is 30.6 Å². The molecule has 0 radical (unpaired) electrons. The average molecular weight is 183 g/mol.